The lowest BCUT2D eigenvalue weighted by atomic mass is 10.0. The first-order valence-corrected chi connectivity index (χ1v) is 10.3. The smallest absolute Gasteiger partial charge is 0.339 e. The average molecular weight is 487 g/mol. The molecule has 0 amide bonds. The Hall–Kier alpha value is -2.40. The molecule has 0 aliphatic heterocycles. The number of hydrogen-bond donors (Lipinski definition) is 0. The van der Waals surface area contributed by atoms with E-state index in [1.54, 1.807) is 24.3 Å². The minimum atomic E-state index is -0.432. The van der Waals surface area contributed by atoms with Crippen molar-refractivity contribution in [3.63, 3.8) is 0 Å². The van der Waals surface area contributed by atoms with Crippen molar-refractivity contribution >= 4 is 56.0 Å². The highest BCUT2D eigenvalue weighted by molar-refractivity contribution is 9.10. The van der Waals surface area contributed by atoms with Crippen LogP contribution in [0, 0.1) is 0 Å². The van der Waals surface area contributed by atoms with Crippen molar-refractivity contribution in [3.8, 4) is 11.3 Å². The molecule has 3 aromatic carbocycles. The van der Waals surface area contributed by atoms with Gasteiger partial charge in [-0.3, -0.25) is 0 Å². The topological polar surface area (TPSA) is 39.2 Å². The first kappa shape index (κ1) is 19.9. The predicted octanol–water partition coefficient (Wildman–Crippen LogP) is 7.33. The summed E-state index contributed by atoms with van der Waals surface area (Å²) in [5.41, 5.74) is 3.57. The number of benzene rings is 3. The molecule has 144 valence electrons. The van der Waals surface area contributed by atoms with E-state index in [2.05, 4.69) is 15.9 Å². The zero-order valence-corrected chi connectivity index (χ0v) is 18.1. The highest BCUT2D eigenvalue weighted by Crippen LogP contribution is 2.28. The highest BCUT2D eigenvalue weighted by Gasteiger charge is 2.16. The lowest BCUT2D eigenvalue weighted by Gasteiger charge is -2.11. The Balaban J connectivity index is 1.71. The molecule has 0 atom stereocenters. The second-order valence-corrected chi connectivity index (χ2v) is 8.14. The molecule has 0 saturated heterocycles. The maximum atomic E-state index is 13.0. The normalized spacial score (nSPS) is 10.9. The van der Waals surface area contributed by atoms with Crippen molar-refractivity contribution in [2.45, 2.75) is 6.61 Å². The lowest BCUT2D eigenvalue weighted by Crippen LogP contribution is -2.07. The van der Waals surface area contributed by atoms with Gasteiger partial charge in [0.05, 0.1) is 26.8 Å². The summed E-state index contributed by atoms with van der Waals surface area (Å²) in [6, 6.07) is 22.3. The summed E-state index contributed by atoms with van der Waals surface area (Å²) in [4.78, 5) is 17.7. The van der Waals surface area contributed by atoms with Crippen molar-refractivity contribution in [3.05, 3.63) is 98.4 Å². The molecule has 1 aromatic heterocycles. The molecule has 0 N–H and O–H groups in total. The minimum Gasteiger partial charge on any atom is -0.457 e. The van der Waals surface area contributed by atoms with Crippen LogP contribution in [0.15, 0.2) is 77.3 Å². The van der Waals surface area contributed by atoms with Crippen LogP contribution >= 0.6 is 39.1 Å². The molecule has 3 nitrogen and oxygen atoms in total. The first-order valence-electron chi connectivity index (χ1n) is 8.78. The maximum Gasteiger partial charge on any atom is 0.339 e. The van der Waals surface area contributed by atoms with Crippen molar-refractivity contribution in [2.75, 3.05) is 0 Å². The fourth-order valence-electron chi connectivity index (χ4n) is 2.98. The second-order valence-electron chi connectivity index (χ2n) is 6.41. The molecule has 0 unspecified atom stereocenters. The van der Waals surface area contributed by atoms with E-state index >= 15 is 0 Å². The number of rotatable bonds is 4. The summed E-state index contributed by atoms with van der Waals surface area (Å²) >= 11 is 15.5. The fourth-order valence-corrected chi connectivity index (χ4v) is 3.66. The van der Waals surface area contributed by atoms with Crippen LogP contribution in [-0.4, -0.2) is 11.0 Å². The standard InChI is InChI=1S/C23H14BrCl2NO2/c24-16-7-9-21-17(11-16)18(12-22(27-21)15-4-2-1-3-5-15)23(28)29-13-14-6-8-19(25)20(26)10-14/h1-12H,13H2. The van der Waals surface area contributed by atoms with Gasteiger partial charge in [0, 0.05) is 15.4 Å². The van der Waals surface area contributed by atoms with Crippen LogP contribution in [0.2, 0.25) is 10.0 Å². The Kier molecular flexibility index (Phi) is 5.86. The fraction of sp³-hybridized carbons (Fsp3) is 0.0435. The second kappa shape index (κ2) is 8.54. The number of halogens is 3. The van der Waals surface area contributed by atoms with Gasteiger partial charge in [0.2, 0.25) is 0 Å². The molecule has 0 saturated carbocycles. The van der Waals surface area contributed by atoms with Gasteiger partial charge < -0.3 is 4.74 Å². The number of carbonyl (C=O) groups excluding carboxylic acids is 1. The molecule has 0 fully saturated rings. The van der Waals surface area contributed by atoms with E-state index in [1.807, 2.05) is 48.5 Å². The van der Waals surface area contributed by atoms with Gasteiger partial charge >= 0.3 is 5.97 Å². The Bertz CT molecular complexity index is 1210. The molecule has 29 heavy (non-hydrogen) atoms. The van der Waals surface area contributed by atoms with Crippen LogP contribution in [0.25, 0.3) is 22.2 Å². The lowest BCUT2D eigenvalue weighted by molar-refractivity contribution is 0.0475. The molecule has 4 aromatic rings. The van der Waals surface area contributed by atoms with Gasteiger partial charge in [0.1, 0.15) is 6.61 Å². The molecule has 0 spiro atoms. The third-order valence-electron chi connectivity index (χ3n) is 4.41. The van der Waals surface area contributed by atoms with Crippen LogP contribution < -0.4 is 0 Å². The number of esters is 1. The Morgan fingerprint density at radius 1 is 0.931 bits per heavy atom. The van der Waals surface area contributed by atoms with Crippen molar-refractivity contribution in [2.24, 2.45) is 0 Å². The molecular formula is C23H14BrCl2NO2. The third-order valence-corrected chi connectivity index (χ3v) is 5.65. The number of hydrogen-bond acceptors (Lipinski definition) is 3. The molecule has 0 radical (unpaired) electrons. The zero-order valence-electron chi connectivity index (χ0n) is 15.0. The zero-order chi connectivity index (χ0) is 20.4. The van der Waals surface area contributed by atoms with Crippen LogP contribution in [0.5, 0.6) is 0 Å². The van der Waals surface area contributed by atoms with Gasteiger partial charge in [-0.25, -0.2) is 9.78 Å². The first-order chi connectivity index (χ1) is 14.0. The van der Waals surface area contributed by atoms with E-state index in [4.69, 9.17) is 32.9 Å². The van der Waals surface area contributed by atoms with E-state index in [1.165, 1.54) is 0 Å². The number of aromatic nitrogens is 1. The predicted molar refractivity (Wildman–Crippen MR) is 120 cm³/mol. The Labute approximate surface area is 186 Å². The van der Waals surface area contributed by atoms with E-state index in [9.17, 15) is 4.79 Å². The molecular weight excluding hydrogens is 473 g/mol. The van der Waals surface area contributed by atoms with Gasteiger partial charge in [-0.2, -0.15) is 0 Å². The molecule has 0 bridgehead atoms. The maximum absolute atomic E-state index is 13.0. The number of carbonyl (C=O) groups is 1. The number of fused-ring (bicyclic) bond motifs is 1. The van der Waals surface area contributed by atoms with Crippen LogP contribution in [0.3, 0.4) is 0 Å². The number of nitrogens with zero attached hydrogens (tertiary/aromatic N) is 1. The third kappa shape index (κ3) is 4.45. The number of ether oxygens (including phenoxy) is 1. The summed E-state index contributed by atoms with van der Waals surface area (Å²) in [5, 5.41) is 1.60. The minimum absolute atomic E-state index is 0.0915. The quantitative estimate of drug-likeness (QED) is 0.283. The van der Waals surface area contributed by atoms with Gasteiger partial charge in [-0.15, -0.1) is 0 Å². The Morgan fingerprint density at radius 2 is 1.72 bits per heavy atom. The van der Waals surface area contributed by atoms with Crippen molar-refractivity contribution in [1.29, 1.82) is 0 Å². The van der Waals surface area contributed by atoms with Gasteiger partial charge in [0.25, 0.3) is 0 Å². The van der Waals surface area contributed by atoms with Crippen LogP contribution in [-0.2, 0) is 11.3 Å². The largest absolute Gasteiger partial charge is 0.457 e. The molecule has 1 heterocycles. The number of pyridine rings is 1. The van der Waals surface area contributed by atoms with E-state index in [0.29, 0.717) is 21.3 Å². The van der Waals surface area contributed by atoms with E-state index in [0.717, 1.165) is 26.5 Å². The molecule has 4 rings (SSSR count). The summed E-state index contributed by atoms with van der Waals surface area (Å²) in [6.45, 7) is 0.0915. The van der Waals surface area contributed by atoms with Crippen LogP contribution in [0.1, 0.15) is 15.9 Å². The summed E-state index contributed by atoms with van der Waals surface area (Å²) < 4.78 is 6.42. The van der Waals surface area contributed by atoms with Gasteiger partial charge in [-0.1, -0.05) is 75.5 Å². The SMILES string of the molecule is O=C(OCc1ccc(Cl)c(Cl)c1)c1cc(-c2ccccc2)nc2ccc(Br)cc12. The van der Waals surface area contributed by atoms with Crippen molar-refractivity contribution in [1.82, 2.24) is 4.98 Å². The highest BCUT2D eigenvalue weighted by atomic mass is 79.9. The molecule has 0 aliphatic rings. The van der Waals surface area contributed by atoms with Gasteiger partial charge in [-0.05, 0) is 42.0 Å². The van der Waals surface area contributed by atoms with E-state index < -0.39 is 5.97 Å². The van der Waals surface area contributed by atoms with E-state index in [-0.39, 0.29) is 6.61 Å². The summed E-state index contributed by atoms with van der Waals surface area (Å²) in [7, 11) is 0. The van der Waals surface area contributed by atoms with Crippen molar-refractivity contribution < 1.29 is 9.53 Å². The van der Waals surface area contributed by atoms with Crippen LogP contribution in [0.4, 0.5) is 0 Å². The Morgan fingerprint density at radius 3 is 2.48 bits per heavy atom. The van der Waals surface area contributed by atoms with Gasteiger partial charge in [0.15, 0.2) is 0 Å². The monoisotopic (exact) mass is 485 g/mol. The summed E-state index contributed by atoms with van der Waals surface area (Å²) in [5.74, 6) is -0.432. The summed E-state index contributed by atoms with van der Waals surface area (Å²) in [6.07, 6.45) is 0. The molecule has 0 aliphatic carbocycles. The molecule has 6 heteroatoms. The average Bonchev–Trinajstić information content (AvgIpc) is 2.74.